The first kappa shape index (κ1) is 14.2. The van der Waals surface area contributed by atoms with Crippen LogP contribution in [-0.4, -0.2) is 37.4 Å². The molecule has 0 spiro atoms. The summed E-state index contributed by atoms with van der Waals surface area (Å²) in [4.78, 5) is 24.6. The lowest BCUT2D eigenvalue weighted by molar-refractivity contribution is -0.128. The molecule has 98 valence electrons. The molecule has 3 N–H and O–H groups in total. The zero-order valence-corrected chi connectivity index (χ0v) is 10.8. The summed E-state index contributed by atoms with van der Waals surface area (Å²) in [7, 11) is 3.38. The zero-order chi connectivity index (χ0) is 13.5. The fourth-order valence-corrected chi connectivity index (χ4v) is 1.45. The maximum atomic E-state index is 11.8. The molecule has 0 saturated carbocycles. The van der Waals surface area contributed by atoms with Crippen molar-refractivity contribution in [2.45, 2.75) is 13.0 Å². The first-order valence-corrected chi connectivity index (χ1v) is 5.82. The van der Waals surface area contributed by atoms with Crippen molar-refractivity contribution < 1.29 is 9.59 Å². The maximum Gasteiger partial charge on any atom is 0.251 e. The second-order valence-corrected chi connectivity index (χ2v) is 4.20. The van der Waals surface area contributed by atoms with Crippen LogP contribution in [0.4, 0.5) is 0 Å². The van der Waals surface area contributed by atoms with Crippen LogP contribution < -0.4 is 11.1 Å². The van der Waals surface area contributed by atoms with Gasteiger partial charge in [-0.3, -0.25) is 9.59 Å². The van der Waals surface area contributed by atoms with E-state index in [0.717, 1.165) is 5.56 Å². The van der Waals surface area contributed by atoms with Crippen molar-refractivity contribution in [3.05, 3.63) is 35.4 Å². The van der Waals surface area contributed by atoms with Crippen LogP contribution in [0.1, 0.15) is 22.3 Å². The Bertz CT molecular complexity index is 430. The number of amides is 2. The van der Waals surface area contributed by atoms with Crippen molar-refractivity contribution in [3.63, 3.8) is 0 Å². The number of rotatable bonds is 5. The number of nitrogens with zero attached hydrogens (tertiary/aromatic N) is 1. The van der Waals surface area contributed by atoms with Crippen LogP contribution in [0, 0.1) is 0 Å². The quantitative estimate of drug-likeness (QED) is 0.791. The first-order chi connectivity index (χ1) is 8.54. The van der Waals surface area contributed by atoms with Gasteiger partial charge in [0.1, 0.15) is 0 Å². The summed E-state index contributed by atoms with van der Waals surface area (Å²) >= 11 is 0. The van der Waals surface area contributed by atoms with Crippen LogP contribution in [0.2, 0.25) is 0 Å². The molecule has 0 aliphatic heterocycles. The minimum absolute atomic E-state index is 0.00833. The van der Waals surface area contributed by atoms with Crippen molar-refractivity contribution in [1.29, 1.82) is 0 Å². The van der Waals surface area contributed by atoms with E-state index in [0.29, 0.717) is 25.1 Å². The van der Waals surface area contributed by atoms with Gasteiger partial charge in [-0.1, -0.05) is 12.1 Å². The maximum absolute atomic E-state index is 11.8. The van der Waals surface area contributed by atoms with E-state index in [9.17, 15) is 9.59 Å². The Morgan fingerprint density at radius 2 is 2.06 bits per heavy atom. The van der Waals surface area contributed by atoms with E-state index >= 15 is 0 Å². The summed E-state index contributed by atoms with van der Waals surface area (Å²) in [5.41, 5.74) is 6.98. The summed E-state index contributed by atoms with van der Waals surface area (Å²) in [6.45, 7) is 0.739. The van der Waals surface area contributed by atoms with Gasteiger partial charge in [-0.05, 0) is 17.7 Å². The monoisotopic (exact) mass is 249 g/mol. The van der Waals surface area contributed by atoms with E-state index in [1.54, 1.807) is 32.3 Å². The van der Waals surface area contributed by atoms with Crippen LogP contribution in [0.15, 0.2) is 24.3 Å². The third-order valence-corrected chi connectivity index (χ3v) is 2.55. The lowest BCUT2D eigenvalue weighted by Crippen LogP contribution is -2.30. The Morgan fingerprint density at radius 3 is 2.67 bits per heavy atom. The summed E-state index contributed by atoms with van der Waals surface area (Å²) in [6, 6.07) is 7.14. The molecule has 0 aromatic heterocycles. The van der Waals surface area contributed by atoms with Crippen molar-refractivity contribution in [2.75, 3.05) is 20.6 Å². The lowest BCUT2D eigenvalue weighted by Gasteiger charge is -2.10. The number of hydrogen-bond acceptors (Lipinski definition) is 3. The number of carbonyl (C=O) groups excluding carboxylic acids is 2. The minimum Gasteiger partial charge on any atom is -0.352 e. The molecule has 0 atom stereocenters. The Labute approximate surface area is 107 Å². The summed E-state index contributed by atoms with van der Waals surface area (Å²) < 4.78 is 0. The van der Waals surface area contributed by atoms with Gasteiger partial charge in [-0.25, -0.2) is 0 Å². The molecule has 0 unspecified atom stereocenters. The van der Waals surface area contributed by atoms with E-state index in [-0.39, 0.29) is 11.8 Å². The molecule has 0 radical (unpaired) electrons. The van der Waals surface area contributed by atoms with Crippen molar-refractivity contribution >= 4 is 11.8 Å². The van der Waals surface area contributed by atoms with E-state index in [1.165, 1.54) is 4.90 Å². The highest BCUT2D eigenvalue weighted by molar-refractivity contribution is 5.94. The molecular formula is C13H19N3O2. The Kier molecular flexibility index (Phi) is 5.32. The molecule has 1 aromatic carbocycles. The summed E-state index contributed by atoms with van der Waals surface area (Å²) in [6.07, 6.45) is 0.301. The molecule has 0 heterocycles. The standard InChI is InChI=1S/C13H19N3O2/c1-16(2)12(17)6-7-15-13(18)11-5-3-4-10(8-11)9-14/h3-5,8H,6-7,9,14H2,1-2H3,(H,15,18). The van der Waals surface area contributed by atoms with Gasteiger partial charge in [0.15, 0.2) is 0 Å². The summed E-state index contributed by atoms with van der Waals surface area (Å²) in [5.74, 6) is -0.192. The highest BCUT2D eigenvalue weighted by atomic mass is 16.2. The number of hydrogen-bond donors (Lipinski definition) is 2. The van der Waals surface area contributed by atoms with Crippen LogP contribution in [0.25, 0.3) is 0 Å². The smallest absolute Gasteiger partial charge is 0.251 e. The fourth-order valence-electron chi connectivity index (χ4n) is 1.45. The van der Waals surface area contributed by atoms with Gasteiger partial charge in [-0.2, -0.15) is 0 Å². The van der Waals surface area contributed by atoms with Crippen LogP contribution in [0.5, 0.6) is 0 Å². The van der Waals surface area contributed by atoms with Gasteiger partial charge in [0.05, 0.1) is 0 Å². The SMILES string of the molecule is CN(C)C(=O)CCNC(=O)c1cccc(CN)c1. The normalized spacial score (nSPS) is 9.94. The molecule has 5 nitrogen and oxygen atoms in total. The topological polar surface area (TPSA) is 75.4 Å². The fraction of sp³-hybridized carbons (Fsp3) is 0.385. The molecule has 0 saturated heterocycles. The predicted molar refractivity (Wildman–Crippen MR) is 70.0 cm³/mol. The van der Waals surface area contributed by atoms with E-state index in [4.69, 9.17) is 5.73 Å². The van der Waals surface area contributed by atoms with Gasteiger partial charge in [0, 0.05) is 39.2 Å². The largest absolute Gasteiger partial charge is 0.352 e. The molecule has 1 rings (SSSR count). The molecule has 1 aromatic rings. The first-order valence-electron chi connectivity index (χ1n) is 5.82. The van der Waals surface area contributed by atoms with Gasteiger partial charge >= 0.3 is 0 Å². The van der Waals surface area contributed by atoms with Crippen molar-refractivity contribution in [3.8, 4) is 0 Å². The van der Waals surface area contributed by atoms with E-state index in [2.05, 4.69) is 5.32 Å². The second kappa shape index (κ2) is 6.76. The van der Waals surface area contributed by atoms with Crippen LogP contribution in [0.3, 0.4) is 0 Å². The minimum atomic E-state index is -0.183. The number of carbonyl (C=O) groups is 2. The molecule has 2 amide bonds. The van der Waals surface area contributed by atoms with E-state index in [1.807, 2.05) is 6.07 Å². The average molecular weight is 249 g/mol. The molecule has 18 heavy (non-hydrogen) atoms. The zero-order valence-electron chi connectivity index (χ0n) is 10.8. The highest BCUT2D eigenvalue weighted by Gasteiger charge is 2.07. The molecule has 0 aliphatic rings. The van der Waals surface area contributed by atoms with Crippen LogP contribution in [-0.2, 0) is 11.3 Å². The number of benzene rings is 1. The third-order valence-electron chi connectivity index (χ3n) is 2.55. The Balaban J connectivity index is 2.48. The molecule has 0 bridgehead atoms. The van der Waals surface area contributed by atoms with Gasteiger partial charge in [0.2, 0.25) is 5.91 Å². The average Bonchev–Trinajstić information content (AvgIpc) is 2.38. The molecule has 0 fully saturated rings. The number of nitrogens with two attached hydrogens (primary N) is 1. The Morgan fingerprint density at radius 1 is 1.33 bits per heavy atom. The summed E-state index contributed by atoms with van der Waals surface area (Å²) in [5, 5.41) is 2.71. The lowest BCUT2D eigenvalue weighted by atomic mass is 10.1. The predicted octanol–water partition coefficient (Wildman–Crippen LogP) is 0.353. The number of nitrogens with one attached hydrogen (secondary N) is 1. The van der Waals surface area contributed by atoms with Gasteiger partial charge in [-0.15, -0.1) is 0 Å². The van der Waals surface area contributed by atoms with Gasteiger partial charge < -0.3 is 16.0 Å². The molecule has 0 aliphatic carbocycles. The Hall–Kier alpha value is -1.88. The highest BCUT2D eigenvalue weighted by Crippen LogP contribution is 2.04. The van der Waals surface area contributed by atoms with Crippen LogP contribution >= 0.6 is 0 Å². The van der Waals surface area contributed by atoms with Crippen molar-refractivity contribution in [2.24, 2.45) is 5.73 Å². The third kappa shape index (κ3) is 4.18. The van der Waals surface area contributed by atoms with Gasteiger partial charge in [0.25, 0.3) is 5.91 Å². The molecular weight excluding hydrogens is 230 g/mol. The molecule has 5 heteroatoms. The van der Waals surface area contributed by atoms with E-state index < -0.39 is 0 Å². The second-order valence-electron chi connectivity index (χ2n) is 4.20. The van der Waals surface area contributed by atoms with Crippen molar-refractivity contribution in [1.82, 2.24) is 10.2 Å².